The molecule has 3 nitrogen and oxygen atoms in total. The van der Waals surface area contributed by atoms with Crippen molar-refractivity contribution < 1.29 is 9.47 Å². The minimum Gasteiger partial charge on any atom is -0.376 e. The van der Waals surface area contributed by atoms with Crippen molar-refractivity contribution in [3.05, 3.63) is 0 Å². The highest BCUT2D eigenvalue weighted by molar-refractivity contribution is 4.72. The van der Waals surface area contributed by atoms with Crippen LogP contribution in [0.15, 0.2) is 0 Å². The average Bonchev–Trinajstić information content (AvgIpc) is 2.08. The molecule has 0 aromatic carbocycles. The van der Waals surface area contributed by atoms with E-state index < -0.39 is 0 Å². The maximum Gasteiger partial charge on any atom is 0.104 e. The van der Waals surface area contributed by atoms with E-state index in [1.165, 1.54) is 6.42 Å². The van der Waals surface area contributed by atoms with Crippen LogP contribution in [0.3, 0.4) is 0 Å². The van der Waals surface area contributed by atoms with E-state index in [0.29, 0.717) is 18.1 Å². The van der Waals surface area contributed by atoms with E-state index in [2.05, 4.69) is 19.2 Å². The predicted octanol–water partition coefficient (Wildman–Crippen LogP) is 1.04. The molecular weight excluding hydrogens is 166 g/mol. The van der Waals surface area contributed by atoms with E-state index in [1.807, 2.05) is 7.05 Å². The highest BCUT2D eigenvalue weighted by atomic mass is 16.6. The molecule has 13 heavy (non-hydrogen) atoms. The molecule has 0 spiro atoms. The molecule has 1 rings (SSSR count). The zero-order valence-corrected chi connectivity index (χ0v) is 8.88. The summed E-state index contributed by atoms with van der Waals surface area (Å²) in [5.41, 5.74) is 0. The predicted molar refractivity (Wildman–Crippen MR) is 52.9 cm³/mol. The molecule has 1 saturated heterocycles. The molecule has 0 saturated carbocycles. The molecule has 1 fully saturated rings. The Bertz CT molecular complexity index is 137. The van der Waals surface area contributed by atoms with Gasteiger partial charge in [-0.1, -0.05) is 20.3 Å². The Morgan fingerprint density at radius 3 is 2.62 bits per heavy atom. The first-order valence-corrected chi connectivity index (χ1v) is 5.14. The lowest BCUT2D eigenvalue weighted by atomic mass is 10.0. The molecule has 1 aliphatic heterocycles. The molecule has 3 heteroatoms. The first-order valence-electron chi connectivity index (χ1n) is 5.14. The van der Waals surface area contributed by atoms with Gasteiger partial charge in [-0.2, -0.15) is 0 Å². The summed E-state index contributed by atoms with van der Waals surface area (Å²) in [6.45, 7) is 6.82. The Kier molecular flexibility index (Phi) is 4.70. The van der Waals surface area contributed by atoms with Gasteiger partial charge in [-0.05, 0) is 13.0 Å². The zero-order valence-electron chi connectivity index (χ0n) is 8.88. The third-order valence-corrected chi connectivity index (χ3v) is 2.82. The van der Waals surface area contributed by atoms with Gasteiger partial charge in [0, 0.05) is 6.04 Å². The van der Waals surface area contributed by atoms with Gasteiger partial charge in [0.15, 0.2) is 0 Å². The molecule has 0 aromatic rings. The van der Waals surface area contributed by atoms with Crippen LogP contribution in [-0.4, -0.2) is 39.0 Å². The molecule has 0 aliphatic carbocycles. The maximum absolute atomic E-state index is 5.67. The van der Waals surface area contributed by atoms with Crippen LogP contribution in [0.2, 0.25) is 0 Å². The fourth-order valence-electron chi connectivity index (χ4n) is 1.37. The second kappa shape index (κ2) is 5.58. The highest BCUT2D eigenvalue weighted by Crippen LogP contribution is 2.11. The molecule has 0 bridgehead atoms. The normalized spacial score (nSPS) is 22.4. The van der Waals surface area contributed by atoms with E-state index in [0.717, 1.165) is 19.8 Å². The highest BCUT2D eigenvalue weighted by Gasteiger charge is 2.21. The van der Waals surface area contributed by atoms with Crippen LogP contribution >= 0.6 is 0 Å². The van der Waals surface area contributed by atoms with E-state index in [9.17, 15) is 0 Å². The van der Waals surface area contributed by atoms with Crippen LogP contribution in [0.25, 0.3) is 0 Å². The smallest absolute Gasteiger partial charge is 0.104 e. The van der Waals surface area contributed by atoms with Crippen LogP contribution in [0.4, 0.5) is 0 Å². The monoisotopic (exact) mass is 187 g/mol. The van der Waals surface area contributed by atoms with Crippen molar-refractivity contribution >= 4 is 0 Å². The first-order chi connectivity index (χ1) is 6.27. The lowest BCUT2D eigenvalue weighted by Gasteiger charge is -2.29. The van der Waals surface area contributed by atoms with Gasteiger partial charge in [-0.15, -0.1) is 0 Å². The SMILES string of the molecule is CCC(C)C(COC1COC1)NC. The van der Waals surface area contributed by atoms with Gasteiger partial charge in [-0.3, -0.25) is 0 Å². The zero-order chi connectivity index (χ0) is 9.68. The summed E-state index contributed by atoms with van der Waals surface area (Å²) in [5, 5.41) is 3.29. The van der Waals surface area contributed by atoms with Crippen LogP contribution < -0.4 is 5.32 Å². The van der Waals surface area contributed by atoms with E-state index in [1.54, 1.807) is 0 Å². The fraction of sp³-hybridized carbons (Fsp3) is 1.00. The van der Waals surface area contributed by atoms with Crippen LogP contribution in [-0.2, 0) is 9.47 Å². The largest absolute Gasteiger partial charge is 0.376 e. The van der Waals surface area contributed by atoms with E-state index >= 15 is 0 Å². The number of hydrogen-bond acceptors (Lipinski definition) is 3. The van der Waals surface area contributed by atoms with Gasteiger partial charge in [0.1, 0.15) is 6.10 Å². The summed E-state index contributed by atoms with van der Waals surface area (Å²) in [5.74, 6) is 0.672. The quantitative estimate of drug-likeness (QED) is 0.674. The van der Waals surface area contributed by atoms with Crippen LogP contribution in [0, 0.1) is 5.92 Å². The van der Waals surface area contributed by atoms with Gasteiger partial charge in [-0.25, -0.2) is 0 Å². The average molecular weight is 187 g/mol. The molecule has 0 amide bonds. The van der Waals surface area contributed by atoms with Crippen molar-refractivity contribution in [1.29, 1.82) is 0 Å². The molecule has 2 unspecified atom stereocenters. The Hall–Kier alpha value is -0.120. The van der Waals surface area contributed by atoms with Crippen molar-refractivity contribution in [1.82, 2.24) is 5.32 Å². The van der Waals surface area contributed by atoms with Gasteiger partial charge < -0.3 is 14.8 Å². The Morgan fingerprint density at radius 2 is 2.23 bits per heavy atom. The molecular formula is C10H21NO2. The number of nitrogens with one attached hydrogen (secondary N) is 1. The summed E-state index contributed by atoms with van der Waals surface area (Å²) in [6.07, 6.45) is 1.54. The number of hydrogen-bond donors (Lipinski definition) is 1. The van der Waals surface area contributed by atoms with Gasteiger partial charge in [0.2, 0.25) is 0 Å². The van der Waals surface area contributed by atoms with Crippen molar-refractivity contribution in [3.63, 3.8) is 0 Å². The summed E-state index contributed by atoms with van der Waals surface area (Å²) < 4.78 is 10.7. The second-order valence-corrected chi connectivity index (χ2v) is 3.77. The molecule has 2 atom stereocenters. The molecule has 1 N–H and O–H groups in total. The van der Waals surface area contributed by atoms with Crippen molar-refractivity contribution in [2.45, 2.75) is 32.4 Å². The third kappa shape index (κ3) is 3.25. The number of likely N-dealkylation sites (N-methyl/N-ethyl adjacent to an activating group) is 1. The molecule has 0 radical (unpaired) electrons. The lowest BCUT2D eigenvalue weighted by Crippen LogP contribution is -2.42. The Balaban J connectivity index is 2.14. The minimum atomic E-state index is 0.347. The molecule has 1 heterocycles. The van der Waals surface area contributed by atoms with E-state index in [4.69, 9.17) is 9.47 Å². The van der Waals surface area contributed by atoms with Crippen molar-refractivity contribution in [2.24, 2.45) is 5.92 Å². The van der Waals surface area contributed by atoms with Crippen LogP contribution in [0.1, 0.15) is 20.3 Å². The summed E-state index contributed by atoms with van der Waals surface area (Å²) in [6, 6.07) is 0.477. The van der Waals surface area contributed by atoms with Crippen molar-refractivity contribution in [3.8, 4) is 0 Å². The summed E-state index contributed by atoms with van der Waals surface area (Å²) in [4.78, 5) is 0. The summed E-state index contributed by atoms with van der Waals surface area (Å²) >= 11 is 0. The van der Waals surface area contributed by atoms with Crippen LogP contribution in [0.5, 0.6) is 0 Å². The molecule has 0 aromatic heterocycles. The lowest BCUT2D eigenvalue weighted by molar-refractivity contribution is -0.134. The van der Waals surface area contributed by atoms with Gasteiger partial charge >= 0.3 is 0 Å². The summed E-state index contributed by atoms with van der Waals surface area (Å²) in [7, 11) is 2.00. The topological polar surface area (TPSA) is 30.5 Å². The van der Waals surface area contributed by atoms with Gasteiger partial charge in [0.25, 0.3) is 0 Å². The van der Waals surface area contributed by atoms with Gasteiger partial charge in [0.05, 0.1) is 19.8 Å². The number of rotatable bonds is 6. The fourth-order valence-corrected chi connectivity index (χ4v) is 1.37. The van der Waals surface area contributed by atoms with E-state index in [-0.39, 0.29) is 0 Å². The van der Waals surface area contributed by atoms with Crippen molar-refractivity contribution in [2.75, 3.05) is 26.9 Å². The third-order valence-electron chi connectivity index (χ3n) is 2.82. The Labute approximate surface area is 80.8 Å². The maximum atomic E-state index is 5.67. The second-order valence-electron chi connectivity index (χ2n) is 3.77. The molecule has 1 aliphatic rings. The standard InChI is InChI=1S/C10H21NO2/c1-4-8(2)10(11-3)7-13-9-5-12-6-9/h8-11H,4-7H2,1-3H3. The number of ether oxygens (including phenoxy) is 2. The Morgan fingerprint density at radius 1 is 1.54 bits per heavy atom. The molecule has 78 valence electrons. The minimum absolute atomic E-state index is 0.347. The first kappa shape index (κ1) is 11.0.